The van der Waals surface area contributed by atoms with Gasteiger partial charge in [-0.2, -0.15) is 0 Å². The molecular weight excluding hydrogens is 379 g/mol. The number of para-hydroxylation sites is 1. The number of rotatable bonds is 5. The lowest BCUT2D eigenvalue weighted by Crippen LogP contribution is -2.17. The van der Waals surface area contributed by atoms with E-state index in [2.05, 4.69) is 46.4 Å². The molecule has 0 radical (unpaired) electrons. The van der Waals surface area contributed by atoms with Gasteiger partial charge in [0.15, 0.2) is 0 Å². The van der Waals surface area contributed by atoms with Crippen molar-refractivity contribution in [3.63, 3.8) is 0 Å². The normalized spacial score (nSPS) is 10.9. The molecule has 4 nitrogen and oxygen atoms in total. The first-order valence-electron chi connectivity index (χ1n) is 7.03. The van der Waals surface area contributed by atoms with Crippen LogP contribution in [-0.4, -0.2) is 16.6 Å². The van der Waals surface area contributed by atoms with Crippen LogP contribution in [0.3, 0.4) is 0 Å². The molecule has 5 heteroatoms. The Bertz CT molecular complexity index is 680. The van der Waals surface area contributed by atoms with Crippen LogP contribution in [0.2, 0.25) is 0 Å². The van der Waals surface area contributed by atoms with Gasteiger partial charge in [-0.3, -0.25) is 4.79 Å². The van der Waals surface area contributed by atoms with E-state index in [0.717, 1.165) is 23.4 Å². The van der Waals surface area contributed by atoms with Gasteiger partial charge in [0, 0.05) is 0 Å². The first-order valence-corrected chi connectivity index (χ1v) is 8.11. The van der Waals surface area contributed by atoms with E-state index in [-0.39, 0.29) is 5.56 Å². The highest BCUT2D eigenvalue weighted by Gasteiger charge is 2.14. The summed E-state index contributed by atoms with van der Waals surface area (Å²) in [7, 11) is 0. The second kappa shape index (κ2) is 7.06. The molecule has 112 valence electrons. The van der Waals surface area contributed by atoms with Gasteiger partial charge in [-0.05, 0) is 54.0 Å². The molecule has 21 heavy (non-hydrogen) atoms. The van der Waals surface area contributed by atoms with Crippen LogP contribution in [0.1, 0.15) is 26.5 Å². The number of ether oxygens (including phenoxy) is 1. The van der Waals surface area contributed by atoms with E-state index in [0.29, 0.717) is 21.9 Å². The summed E-state index contributed by atoms with van der Waals surface area (Å²) in [5.74, 6) is 1.75. The summed E-state index contributed by atoms with van der Waals surface area (Å²) < 4.78 is 6.28. The first-order chi connectivity index (χ1) is 10.0. The Kier molecular flexibility index (Phi) is 5.39. The minimum absolute atomic E-state index is 0.0949. The van der Waals surface area contributed by atoms with Crippen molar-refractivity contribution in [2.24, 2.45) is 5.92 Å². The first kappa shape index (κ1) is 16.0. The number of benzene rings is 1. The summed E-state index contributed by atoms with van der Waals surface area (Å²) in [5.41, 5.74) is 1.57. The summed E-state index contributed by atoms with van der Waals surface area (Å²) in [6, 6.07) is 7.63. The Morgan fingerprint density at radius 2 is 2.05 bits per heavy atom. The summed E-state index contributed by atoms with van der Waals surface area (Å²) >= 11 is 2.06. The van der Waals surface area contributed by atoms with Crippen LogP contribution in [0.15, 0.2) is 29.1 Å². The van der Waals surface area contributed by atoms with E-state index in [1.807, 2.05) is 31.2 Å². The van der Waals surface area contributed by atoms with Gasteiger partial charge in [0.2, 0.25) is 0 Å². The van der Waals surface area contributed by atoms with E-state index in [1.54, 1.807) is 0 Å². The molecule has 1 aromatic heterocycles. The summed E-state index contributed by atoms with van der Waals surface area (Å²) in [4.78, 5) is 19.6. The smallest absolute Gasteiger partial charge is 0.264 e. The van der Waals surface area contributed by atoms with Gasteiger partial charge in [-0.15, -0.1) is 0 Å². The van der Waals surface area contributed by atoms with Gasteiger partial charge < -0.3 is 9.72 Å². The average Bonchev–Trinajstić information content (AvgIpc) is 2.44. The highest BCUT2D eigenvalue weighted by Crippen LogP contribution is 2.27. The third-order valence-electron chi connectivity index (χ3n) is 2.98. The average molecular weight is 398 g/mol. The Hall–Kier alpha value is -1.37. The number of hydrogen-bond donors (Lipinski definition) is 1. The van der Waals surface area contributed by atoms with Crippen molar-refractivity contribution in [1.29, 1.82) is 0 Å². The van der Waals surface area contributed by atoms with E-state index >= 15 is 0 Å². The van der Waals surface area contributed by atoms with Crippen LogP contribution in [0, 0.1) is 9.49 Å². The molecule has 1 aromatic carbocycles. The Labute approximate surface area is 138 Å². The van der Waals surface area contributed by atoms with Crippen molar-refractivity contribution in [3.8, 4) is 17.1 Å². The largest absolute Gasteiger partial charge is 0.493 e. The third-order valence-corrected chi connectivity index (χ3v) is 4.09. The quantitative estimate of drug-likeness (QED) is 0.783. The number of aromatic amines is 1. The van der Waals surface area contributed by atoms with Crippen LogP contribution in [-0.2, 0) is 6.42 Å². The maximum Gasteiger partial charge on any atom is 0.264 e. The Morgan fingerprint density at radius 1 is 1.33 bits per heavy atom. The number of halogens is 1. The topological polar surface area (TPSA) is 55.0 Å². The lowest BCUT2D eigenvalue weighted by molar-refractivity contribution is 0.341. The second-order valence-electron chi connectivity index (χ2n) is 5.20. The van der Waals surface area contributed by atoms with Crippen LogP contribution in [0.5, 0.6) is 5.75 Å². The van der Waals surface area contributed by atoms with Crippen LogP contribution in [0.25, 0.3) is 11.4 Å². The minimum Gasteiger partial charge on any atom is -0.493 e. The van der Waals surface area contributed by atoms with E-state index in [9.17, 15) is 4.79 Å². The van der Waals surface area contributed by atoms with Crippen molar-refractivity contribution in [2.75, 3.05) is 6.61 Å². The minimum atomic E-state index is -0.0949. The number of hydrogen-bond acceptors (Lipinski definition) is 3. The highest BCUT2D eigenvalue weighted by molar-refractivity contribution is 14.1. The van der Waals surface area contributed by atoms with E-state index in [1.165, 1.54) is 0 Å². The molecule has 0 atom stereocenters. The van der Waals surface area contributed by atoms with Crippen molar-refractivity contribution in [1.82, 2.24) is 9.97 Å². The SMILES string of the molecule is CCOc1ccccc1-c1nc(CC(C)C)c(I)c(=O)[nH]1. The fourth-order valence-electron chi connectivity index (χ4n) is 2.10. The van der Waals surface area contributed by atoms with Gasteiger partial charge in [0.05, 0.1) is 21.4 Å². The zero-order valence-corrected chi connectivity index (χ0v) is 14.6. The zero-order valence-electron chi connectivity index (χ0n) is 12.4. The third kappa shape index (κ3) is 3.84. The number of nitrogens with one attached hydrogen (secondary N) is 1. The molecule has 0 saturated heterocycles. The molecule has 1 heterocycles. The van der Waals surface area contributed by atoms with Crippen molar-refractivity contribution in [2.45, 2.75) is 27.2 Å². The molecule has 0 saturated carbocycles. The summed E-state index contributed by atoms with van der Waals surface area (Å²) in [5, 5.41) is 0. The molecule has 2 aromatic rings. The van der Waals surface area contributed by atoms with Crippen LogP contribution < -0.4 is 10.3 Å². The molecule has 0 unspecified atom stereocenters. The lowest BCUT2D eigenvalue weighted by atomic mass is 10.1. The summed E-state index contributed by atoms with van der Waals surface area (Å²) in [6.07, 6.45) is 0.784. The maximum absolute atomic E-state index is 12.1. The molecule has 0 aliphatic carbocycles. The zero-order chi connectivity index (χ0) is 15.4. The number of aromatic nitrogens is 2. The number of nitrogens with zero attached hydrogens (tertiary/aromatic N) is 1. The molecule has 0 bridgehead atoms. The molecule has 1 N–H and O–H groups in total. The second-order valence-corrected chi connectivity index (χ2v) is 6.28. The fourth-order valence-corrected chi connectivity index (χ4v) is 2.57. The molecule has 0 aliphatic rings. The van der Waals surface area contributed by atoms with Crippen molar-refractivity contribution >= 4 is 22.6 Å². The van der Waals surface area contributed by atoms with E-state index < -0.39 is 0 Å². The standard InChI is InChI=1S/C16H19IN2O2/c1-4-21-13-8-6-5-7-11(13)15-18-12(9-10(2)3)14(17)16(20)19-15/h5-8,10H,4,9H2,1-3H3,(H,18,19,20). The fraction of sp³-hybridized carbons (Fsp3) is 0.375. The monoisotopic (exact) mass is 398 g/mol. The van der Waals surface area contributed by atoms with Gasteiger partial charge in [-0.25, -0.2) is 4.98 Å². The predicted octanol–water partition coefficient (Wildman–Crippen LogP) is 3.64. The molecule has 0 amide bonds. The summed E-state index contributed by atoms with van der Waals surface area (Å²) in [6.45, 7) is 6.75. The predicted molar refractivity (Wildman–Crippen MR) is 92.7 cm³/mol. The van der Waals surface area contributed by atoms with E-state index in [4.69, 9.17) is 4.74 Å². The maximum atomic E-state index is 12.1. The van der Waals surface area contributed by atoms with Crippen molar-refractivity contribution in [3.05, 3.63) is 43.9 Å². The van der Waals surface area contributed by atoms with Crippen LogP contribution >= 0.6 is 22.6 Å². The van der Waals surface area contributed by atoms with Gasteiger partial charge in [0.1, 0.15) is 11.6 Å². The Balaban J connectivity index is 2.54. The van der Waals surface area contributed by atoms with Crippen LogP contribution in [0.4, 0.5) is 0 Å². The van der Waals surface area contributed by atoms with Gasteiger partial charge in [0.25, 0.3) is 5.56 Å². The van der Waals surface area contributed by atoms with Crippen molar-refractivity contribution < 1.29 is 4.74 Å². The molecule has 2 rings (SSSR count). The number of H-pyrrole nitrogens is 1. The van der Waals surface area contributed by atoms with Gasteiger partial charge in [-0.1, -0.05) is 26.0 Å². The molecule has 0 fully saturated rings. The molecular formula is C16H19IN2O2. The molecule has 0 aliphatic heterocycles. The Morgan fingerprint density at radius 3 is 2.71 bits per heavy atom. The van der Waals surface area contributed by atoms with Gasteiger partial charge >= 0.3 is 0 Å². The molecule has 0 spiro atoms. The highest BCUT2D eigenvalue weighted by atomic mass is 127. The lowest BCUT2D eigenvalue weighted by Gasteiger charge is -2.12.